The first kappa shape index (κ1) is 19.7. The summed E-state index contributed by atoms with van der Waals surface area (Å²) in [6.07, 6.45) is 0.856. The maximum absolute atomic E-state index is 13.5. The number of rotatable bonds is 2. The molecule has 4 rings (SSSR count). The van der Waals surface area contributed by atoms with Gasteiger partial charge in [0.05, 0.1) is 23.6 Å². The van der Waals surface area contributed by atoms with Crippen molar-refractivity contribution in [2.24, 2.45) is 0 Å². The third-order valence-corrected chi connectivity index (χ3v) is 5.50. The van der Waals surface area contributed by atoms with E-state index in [9.17, 15) is 18.0 Å². The van der Waals surface area contributed by atoms with Crippen LogP contribution in [-0.2, 0) is 0 Å². The highest BCUT2D eigenvalue weighted by molar-refractivity contribution is 5.92. The Kier molecular flexibility index (Phi) is 4.95. The summed E-state index contributed by atoms with van der Waals surface area (Å²) in [7, 11) is 0. The number of hydrogen-bond donors (Lipinski definition) is 1. The lowest BCUT2D eigenvalue weighted by Crippen LogP contribution is -2.39. The molecule has 0 saturated carbocycles. The summed E-state index contributed by atoms with van der Waals surface area (Å²) < 4.78 is 41.6. The number of aromatic nitrogens is 4. The van der Waals surface area contributed by atoms with Gasteiger partial charge in [-0.25, -0.2) is 9.67 Å². The van der Waals surface area contributed by atoms with E-state index in [0.29, 0.717) is 30.2 Å². The van der Waals surface area contributed by atoms with Gasteiger partial charge in [0.15, 0.2) is 6.04 Å². The lowest BCUT2D eigenvalue weighted by atomic mass is 9.99. The number of nitrogens with zero attached hydrogens (tertiary/aromatic N) is 5. The number of carbonyl (C=O) groups is 1. The zero-order valence-electron chi connectivity index (χ0n) is 16.3. The van der Waals surface area contributed by atoms with E-state index in [2.05, 4.69) is 20.4 Å². The Hall–Kier alpha value is -2.65. The van der Waals surface area contributed by atoms with Crippen LogP contribution in [0.5, 0.6) is 0 Å². The minimum atomic E-state index is -4.38. The average molecular weight is 408 g/mol. The first-order chi connectivity index (χ1) is 13.7. The second-order valence-electron chi connectivity index (χ2n) is 7.79. The third-order valence-electron chi connectivity index (χ3n) is 5.50. The molecule has 0 radical (unpaired) electrons. The van der Waals surface area contributed by atoms with Crippen LogP contribution in [0.25, 0.3) is 0 Å². The SMILES string of the molecule is Cc1cnc(C(=O)N2CCCC[C@@H]2c2cc3n(n2)[C@@H](C(F)(F)F)C[C@@H](C)N3)cn1. The lowest BCUT2D eigenvalue weighted by molar-refractivity contribution is -0.173. The van der Waals surface area contributed by atoms with Crippen molar-refractivity contribution in [3.05, 3.63) is 35.5 Å². The maximum atomic E-state index is 13.5. The molecule has 1 fully saturated rings. The monoisotopic (exact) mass is 408 g/mol. The average Bonchev–Trinajstić information content (AvgIpc) is 3.10. The second kappa shape index (κ2) is 7.31. The van der Waals surface area contributed by atoms with Crippen LogP contribution in [0.3, 0.4) is 0 Å². The number of piperidine rings is 1. The van der Waals surface area contributed by atoms with Crippen molar-refractivity contribution in [1.29, 1.82) is 0 Å². The smallest absolute Gasteiger partial charge is 0.368 e. The van der Waals surface area contributed by atoms with Crippen LogP contribution in [0, 0.1) is 6.92 Å². The predicted molar refractivity (Wildman–Crippen MR) is 99.4 cm³/mol. The Morgan fingerprint density at radius 1 is 1.24 bits per heavy atom. The van der Waals surface area contributed by atoms with E-state index in [-0.39, 0.29) is 30.1 Å². The normalized spacial score (nSPS) is 24.7. The molecule has 0 unspecified atom stereocenters. The van der Waals surface area contributed by atoms with Gasteiger partial charge in [0.25, 0.3) is 5.91 Å². The molecule has 2 aliphatic rings. The molecule has 0 spiro atoms. The predicted octanol–water partition coefficient (Wildman–Crippen LogP) is 3.66. The molecule has 7 nitrogen and oxygen atoms in total. The summed E-state index contributed by atoms with van der Waals surface area (Å²) >= 11 is 0. The van der Waals surface area contributed by atoms with E-state index in [1.54, 1.807) is 24.8 Å². The van der Waals surface area contributed by atoms with Gasteiger partial charge >= 0.3 is 6.18 Å². The van der Waals surface area contributed by atoms with Crippen molar-refractivity contribution in [1.82, 2.24) is 24.6 Å². The summed E-state index contributed by atoms with van der Waals surface area (Å²) in [6, 6.07) is -0.724. The molecule has 3 atom stereocenters. The summed E-state index contributed by atoms with van der Waals surface area (Å²) in [5, 5.41) is 7.38. The molecule has 10 heteroatoms. The molecule has 0 bridgehead atoms. The van der Waals surface area contributed by atoms with Crippen molar-refractivity contribution < 1.29 is 18.0 Å². The van der Waals surface area contributed by atoms with Crippen LogP contribution in [-0.4, -0.2) is 49.3 Å². The number of aryl methyl sites for hydroxylation is 1. The molecule has 2 aliphatic heterocycles. The molecular formula is C19H23F3N6O. The zero-order chi connectivity index (χ0) is 20.8. The number of nitrogens with one attached hydrogen (secondary N) is 1. The topological polar surface area (TPSA) is 75.9 Å². The largest absolute Gasteiger partial charge is 0.410 e. The van der Waals surface area contributed by atoms with Crippen LogP contribution in [0.15, 0.2) is 18.5 Å². The molecule has 1 amide bonds. The number of alkyl halides is 3. The Morgan fingerprint density at radius 2 is 2.03 bits per heavy atom. The van der Waals surface area contributed by atoms with E-state index in [4.69, 9.17) is 0 Å². The number of carbonyl (C=O) groups excluding carboxylic acids is 1. The summed E-state index contributed by atoms with van der Waals surface area (Å²) in [6.45, 7) is 4.01. The molecule has 4 heterocycles. The standard InChI is InChI=1S/C19H23F3N6O/c1-11-7-16(19(20,21)22)28-17(25-11)8-13(26-28)15-5-3-4-6-27(15)18(29)14-10-23-12(2)9-24-14/h8-11,15-16,25H,3-7H2,1-2H3/t11-,15-,16-/m1/s1. The van der Waals surface area contributed by atoms with Crippen molar-refractivity contribution in [2.75, 3.05) is 11.9 Å². The minimum Gasteiger partial charge on any atom is -0.368 e. The minimum absolute atomic E-state index is 0.0795. The molecule has 29 heavy (non-hydrogen) atoms. The Balaban J connectivity index is 1.66. The van der Waals surface area contributed by atoms with Crippen LogP contribution < -0.4 is 5.32 Å². The Morgan fingerprint density at radius 3 is 2.72 bits per heavy atom. The number of hydrogen-bond acceptors (Lipinski definition) is 5. The first-order valence-corrected chi connectivity index (χ1v) is 9.76. The quantitative estimate of drug-likeness (QED) is 0.821. The van der Waals surface area contributed by atoms with E-state index in [0.717, 1.165) is 17.5 Å². The number of halogens is 3. The molecule has 156 valence electrons. The van der Waals surface area contributed by atoms with Gasteiger partial charge in [-0.05, 0) is 39.5 Å². The van der Waals surface area contributed by atoms with Gasteiger partial charge in [0.1, 0.15) is 11.5 Å². The van der Waals surface area contributed by atoms with E-state index in [1.165, 1.54) is 12.4 Å². The Labute approximate surface area is 166 Å². The Bertz CT molecular complexity index is 894. The van der Waals surface area contributed by atoms with Crippen molar-refractivity contribution in [2.45, 2.75) is 63.8 Å². The van der Waals surface area contributed by atoms with E-state index < -0.39 is 12.2 Å². The highest BCUT2D eigenvalue weighted by Crippen LogP contribution is 2.41. The van der Waals surface area contributed by atoms with Gasteiger partial charge in [-0.3, -0.25) is 9.78 Å². The number of anilines is 1. The molecule has 0 aliphatic carbocycles. The maximum Gasteiger partial charge on any atom is 0.410 e. The van der Waals surface area contributed by atoms with Crippen molar-refractivity contribution in [3.63, 3.8) is 0 Å². The highest BCUT2D eigenvalue weighted by Gasteiger charge is 2.46. The van der Waals surface area contributed by atoms with Crippen LogP contribution in [0.4, 0.5) is 19.0 Å². The van der Waals surface area contributed by atoms with Gasteiger partial charge in [-0.15, -0.1) is 0 Å². The molecule has 0 aromatic carbocycles. The molecule has 2 aromatic rings. The van der Waals surface area contributed by atoms with Gasteiger partial charge < -0.3 is 10.2 Å². The molecule has 1 N–H and O–H groups in total. The molecule has 1 saturated heterocycles. The van der Waals surface area contributed by atoms with Gasteiger partial charge in [0.2, 0.25) is 0 Å². The summed E-state index contributed by atoms with van der Waals surface area (Å²) in [5.74, 6) is 0.0658. The number of fused-ring (bicyclic) bond motifs is 1. The fraction of sp³-hybridized carbons (Fsp3) is 0.579. The van der Waals surface area contributed by atoms with Crippen LogP contribution in [0.2, 0.25) is 0 Å². The van der Waals surface area contributed by atoms with Gasteiger partial charge in [-0.2, -0.15) is 18.3 Å². The van der Waals surface area contributed by atoms with Crippen molar-refractivity contribution in [3.8, 4) is 0 Å². The van der Waals surface area contributed by atoms with Gasteiger partial charge in [0, 0.05) is 24.8 Å². The van der Waals surface area contributed by atoms with Crippen LogP contribution in [0.1, 0.15) is 66.6 Å². The first-order valence-electron chi connectivity index (χ1n) is 9.76. The van der Waals surface area contributed by atoms with E-state index in [1.807, 2.05) is 0 Å². The molecule has 2 aromatic heterocycles. The highest BCUT2D eigenvalue weighted by atomic mass is 19.4. The summed E-state index contributed by atoms with van der Waals surface area (Å²) in [4.78, 5) is 22.9. The van der Waals surface area contributed by atoms with Crippen LogP contribution >= 0.6 is 0 Å². The van der Waals surface area contributed by atoms with Gasteiger partial charge in [-0.1, -0.05) is 0 Å². The zero-order valence-corrected chi connectivity index (χ0v) is 16.3. The second-order valence-corrected chi connectivity index (χ2v) is 7.79. The third kappa shape index (κ3) is 3.79. The van der Waals surface area contributed by atoms with E-state index >= 15 is 0 Å². The fourth-order valence-electron chi connectivity index (χ4n) is 4.07. The number of amides is 1. The number of likely N-dealkylation sites (tertiary alicyclic amines) is 1. The summed E-state index contributed by atoms with van der Waals surface area (Å²) in [5.41, 5.74) is 1.41. The fourth-order valence-corrected chi connectivity index (χ4v) is 4.07. The molecular weight excluding hydrogens is 385 g/mol. The van der Waals surface area contributed by atoms with Crippen molar-refractivity contribution >= 4 is 11.7 Å². The lowest BCUT2D eigenvalue weighted by Gasteiger charge is -2.34.